The molecule has 0 radical (unpaired) electrons. The van der Waals surface area contributed by atoms with Crippen molar-refractivity contribution in [2.75, 3.05) is 0 Å². The van der Waals surface area contributed by atoms with Gasteiger partial charge in [0.1, 0.15) is 0 Å². The Hall–Kier alpha value is -0.550. The number of hydrogen-bond acceptors (Lipinski definition) is 0. The minimum atomic E-state index is 1.12. The van der Waals surface area contributed by atoms with Crippen molar-refractivity contribution in [3.63, 3.8) is 0 Å². The number of aromatic nitrogens is 1. The SMILES string of the molecule is Brc1ccc2[nH]c3ccc(I)cc3c2c1. The number of halogens is 2. The van der Waals surface area contributed by atoms with E-state index in [0.29, 0.717) is 0 Å². The molecule has 0 aliphatic heterocycles. The standard InChI is InChI=1S/C12H7BrIN/c13-7-1-3-11-9(5-7)10-6-8(14)2-4-12(10)15-11/h1-6,15H. The Labute approximate surface area is 109 Å². The molecule has 1 nitrogen and oxygen atoms in total. The van der Waals surface area contributed by atoms with E-state index in [-0.39, 0.29) is 0 Å². The molecule has 0 amide bonds. The lowest BCUT2D eigenvalue weighted by Crippen LogP contribution is -1.70. The Morgan fingerprint density at radius 2 is 1.60 bits per heavy atom. The fourth-order valence-electron chi connectivity index (χ4n) is 1.84. The first-order valence-corrected chi connectivity index (χ1v) is 6.48. The summed E-state index contributed by atoms with van der Waals surface area (Å²) in [6.07, 6.45) is 0. The molecule has 74 valence electrons. The van der Waals surface area contributed by atoms with E-state index in [0.717, 1.165) is 4.47 Å². The number of rotatable bonds is 0. The summed E-state index contributed by atoms with van der Waals surface area (Å²) in [4.78, 5) is 3.41. The van der Waals surface area contributed by atoms with Crippen molar-refractivity contribution in [2.45, 2.75) is 0 Å². The average molecular weight is 372 g/mol. The van der Waals surface area contributed by atoms with E-state index in [9.17, 15) is 0 Å². The smallest absolute Gasteiger partial charge is 0.0465 e. The summed E-state index contributed by atoms with van der Waals surface area (Å²) in [6.45, 7) is 0. The van der Waals surface area contributed by atoms with Crippen molar-refractivity contribution in [1.82, 2.24) is 4.98 Å². The van der Waals surface area contributed by atoms with E-state index in [1.54, 1.807) is 0 Å². The highest BCUT2D eigenvalue weighted by atomic mass is 127. The quantitative estimate of drug-likeness (QED) is 0.552. The zero-order valence-electron chi connectivity index (χ0n) is 7.72. The summed E-state index contributed by atoms with van der Waals surface area (Å²) in [5.74, 6) is 0. The monoisotopic (exact) mass is 371 g/mol. The predicted molar refractivity (Wildman–Crippen MR) is 76.2 cm³/mol. The average Bonchev–Trinajstić information content (AvgIpc) is 2.56. The van der Waals surface area contributed by atoms with Crippen molar-refractivity contribution < 1.29 is 0 Å². The van der Waals surface area contributed by atoms with Crippen LogP contribution in [0.15, 0.2) is 40.9 Å². The van der Waals surface area contributed by atoms with Crippen molar-refractivity contribution in [2.24, 2.45) is 0 Å². The van der Waals surface area contributed by atoms with Crippen LogP contribution in [0.4, 0.5) is 0 Å². The van der Waals surface area contributed by atoms with E-state index in [1.807, 2.05) is 0 Å². The van der Waals surface area contributed by atoms with Gasteiger partial charge in [-0.15, -0.1) is 0 Å². The molecule has 0 fully saturated rings. The van der Waals surface area contributed by atoms with Gasteiger partial charge in [0.15, 0.2) is 0 Å². The summed E-state index contributed by atoms with van der Waals surface area (Å²) in [7, 11) is 0. The van der Waals surface area contributed by atoms with Gasteiger partial charge in [0.2, 0.25) is 0 Å². The van der Waals surface area contributed by atoms with Gasteiger partial charge in [-0.2, -0.15) is 0 Å². The second-order valence-corrected chi connectivity index (χ2v) is 5.67. The van der Waals surface area contributed by atoms with Gasteiger partial charge < -0.3 is 4.98 Å². The fraction of sp³-hybridized carbons (Fsp3) is 0. The van der Waals surface area contributed by atoms with Gasteiger partial charge in [0.05, 0.1) is 0 Å². The maximum atomic E-state index is 3.51. The van der Waals surface area contributed by atoms with E-state index in [4.69, 9.17) is 0 Å². The van der Waals surface area contributed by atoms with Crippen LogP contribution in [-0.2, 0) is 0 Å². The first kappa shape index (κ1) is 9.66. The molecule has 0 spiro atoms. The van der Waals surface area contributed by atoms with Crippen LogP contribution in [0.2, 0.25) is 0 Å². The number of nitrogens with one attached hydrogen (secondary N) is 1. The first-order valence-electron chi connectivity index (χ1n) is 4.60. The second kappa shape index (κ2) is 3.49. The Morgan fingerprint density at radius 3 is 2.40 bits per heavy atom. The highest BCUT2D eigenvalue weighted by Gasteiger charge is 2.04. The van der Waals surface area contributed by atoms with Crippen molar-refractivity contribution in [3.05, 3.63) is 44.4 Å². The largest absolute Gasteiger partial charge is 0.355 e. The highest BCUT2D eigenvalue weighted by Crippen LogP contribution is 2.28. The lowest BCUT2D eigenvalue weighted by molar-refractivity contribution is 1.54. The zero-order valence-corrected chi connectivity index (χ0v) is 11.5. The third kappa shape index (κ3) is 1.58. The first-order chi connectivity index (χ1) is 7.24. The number of aromatic amines is 1. The summed E-state index contributed by atoms with van der Waals surface area (Å²) < 4.78 is 2.38. The van der Waals surface area contributed by atoms with Crippen LogP contribution >= 0.6 is 38.5 Å². The van der Waals surface area contributed by atoms with E-state index in [2.05, 4.69) is 79.9 Å². The molecule has 1 N–H and O–H groups in total. The van der Waals surface area contributed by atoms with Gasteiger partial charge in [0.25, 0.3) is 0 Å². The molecule has 2 aromatic carbocycles. The van der Waals surface area contributed by atoms with Crippen LogP contribution in [0, 0.1) is 3.57 Å². The van der Waals surface area contributed by atoms with E-state index >= 15 is 0 Å². The summed E-state index contributed by atoms with van der Waals surface area (Å²) in [6, 6.07) is 12.8. The van der Waals surface area contributed by atoms with Crippen LogP contribution < -0.4 is 0 Å². The van der Waals surface area contributed by atoms with Gasteiger partial charge in [0, 0.05) is 29.8 Å². The van der Waals surface area contributed by atoms with Gasteiger partial charge in [-0.25, -0.2) is 0 Å². The summed E-state index contributed by atoms with van der Waals surface area (Å²) in [5, 5.41) is 2.57. The van der Waals surface area contributed by atoms with E-state index < -0.39 is 0 Å². The molecule has 15 heavy (non-hydrogen) atoms. The Morgan fingerprint density at radius 1 is 0.933 bits per heavy atom. The molecule has 3 aromatic rings. The number of benzene rings is 2. The maximum Gasteiger partial charge on any atom is 0.0465 e. The molecule has 1 heterocycles. The van der Waals surface area contributed by atoms with Crippen LogP contribution in [0.3, 0.4) is 0 Å². The Bertz CT molecular complexity index is 601. The minimum absolute atomic E-state index is 1.12. The van der Waals surface area contributed by atoms with Gasteiger partial charge in [-0.05, 0) is 59.0 Å². The summed E-state index contributed by atoms with van der Waals surface area (Å²) >= 11 is 5.85. The predicted octanol–water partition coefficient (Wildman–Crippen LogP) is 4.69. The van der Waals surface area contributed by atoms with Crippen molar-refractivity contribution >= 4 is 60.3 Å². The zero-order chi connectivity index (χ0) is 10.4. The molecule has 0 saturated heterocycles. The van der Waals surface area contributed by atoms with Crippen LogP contribution in [0.1, 0.15) is 0 Å². The molecule has 1 aromatic heterocycles. The molecule has 0 atom stereocenters. The highest BCUT2D eigenvalue weighted by molar-refractivity contribution is 14.1. The molecule has 0 aliphatic carbocycles. The second-order valence-electron chi connectivity index (χ2n) is 3.50. The lowest BCUT2D eigenvalue weighted by atomic mass is 10.2. The molecule has 0 saturated carbocycles. The maximum absolute atomic E-state index is 3.51. The van der Waals surface area contributed by atoms with Crippen LogP contribution in [0.25, 0.3) is 21.8 Å². The minimum Gasteiger partial charge on any atom is -0.355 e. The van der Waals surface area contributed by atoms with Gasteiger partial charge >= 0.3 is 0 Å². The Balaban J connectivity index is 2.55. The van der Waals surface area contributed by atoms with Crippen molar-refractivity contribution in [1.29, 1.82) is 0 Å². The lowest BCUT2D eigenvalue weighted by Gasteiger charge is -1.93. The molecular weight excluding hydrogens is 365 g/mol. The van der Waals surface area contributed by atoms with Crippen LogP contribution in [-0.4, -0.2) is 4.98 Å². The molecular formula is C12H7BrIN. The normalized spacial score (nSPS) is 11.3. The van der Waals surface area contributed by atoms with Gasteiger partial charge in [-0.1, -0.05) is 15.9 Å². The molecule has 3 heteroatoms. The Kier molecular flexibility index (Phi) is 2.25. The summed E-state index contributed by atoms with van der Waals surface area (Å²) in [5.41, 5.74) is 2.39. The molecule has 0 bridgehead atoms. The van der Waals surface area contributed by atoms with Crippen molar-refractivity contribution in [3.8, 4) is 0 Å². The van der Waals surface area contributed by atoms with Crippen LogP contribution in [0.5, 0.6) is 0 Å². The fourth-order valence-corrected chi connectivity index (χ4v) is 2.69. The van der Waals surface area contributed by atoms with Gasteiger partial charge in [-0.3, -0.25) is 0 Å². The molecule has 0 aliphatic rings. The number of H-pyrrole nitrogens is 1. The number of fused-ring (bicyclic) bond motifs is 3. The molecule has 0 unspecified atom stereocenters. The number of hydrogen-bond donors (Lipinski definition) is 1. The third-order valence-electron chi connectivity index (χ3n) is 2.52. The van der Waals surface area contributed by atoms with E-state index in [1.165, 1.54) is 25.4 Å². The molecule has 3 rings (SSSR count). The third-order valence-corrected chi connectivity index (χ3v) is 3.69. The topological polar surface area (TPSA) is 15.8 Å².